The quantitative estimate of drug-likeness (QED) is 0.670. The van der Waals surface area contributed by atoms with Crippen LogP contribution in [0.25, 0.3) is 11.0 Å². The molecule has 0 saturated heterocycles. The van der Waals surface area contributed by atoms with E-state index in [9.17, 15) is 5.11 Å². The van der Waals surface area contributed by atoms with Gasteiger partial charge in [-0.25, -0.2) is 0 Å². The zero-order valence-corrected chi connectivity index (χ0v) is 8.89. The zero-order valence-electron chi connectivity index (χ0n) is 8.89. The maximum Gasteiger partial charge on any atom is 0.194 e. The third-order valence-corrected chi connectivity index (χ3v) is 2.95. The van der Waals surface area contributed by atoms with Gasteiger partial charge in [-0.15, -0.1) is 0 Å². The van der Waals surface area contributed by atoms with E-state index in [1.54, 1.807) is 0 Å². The Balaban J connectivity index is 2.98. The molecular formula is C11H14N2O. The van der Waals surface area contributed by atoms with Gasteiger partial charge in [-0.05, 0) is 38.8 Å². The lowest BCUT2D eigenvalue weighted by atomic mass is 10.1. The first-order chi connectivity index (χ1) is 6.52. The minimum Gasteiger partial charge on any atom is -0.494 e. The van der Waals surface area contributed by atoms with Crippen molar-refractivity contribution >= 4 is 11.0 Å². The van der Waals surface area contributed by atoms with E-state index in [1.807, 2.05) is 27.7 Å². The SMILES string of the molecule is Cc1nc2c(C)c(O)[nH]c2c(C)c1C. The van der Waals surface area contributed by atoms with Crippen LogP contribution in [0.4, 0.5) is 0 Å². The van der Waals surface area contributed by atoms with Crippen molar-refractivity contribution in [1.82, 2.24) is 9.97 Å². The van der Waals surface area contributed by atoms with E-state index in [1.165, 1.54) is 5.56 Å². The number of nitrogens with zero attached hydrogens (tertiary/aromatic N) is 1. The topological polar surface area (TPSA) is 48.9 Å². The molecule has 0 aliphatic rings. The largest absolute Gasteiger partial charge is 0.494 e. The number of aromatic hydroxyl groups is 1. The predicted octanol–water partition coefficient (Wildman–Crippen LogP) is 2.50. The van der Waals surface area contributed by atoms with Crippen molar-refractivity contribution in [2.45, 2.75) is 27.7 Å². The lowest BCUT2D eigenvalue weighted by Gasteiger charge is -2.04. The second-order valence-corrected chi connectivity index (χ2v) is 3.77. The Morgan fingerprint density at radius 3 is 2.29 bits per heavy atom. The van der Waals surface area contributed by atoms with Gasteiger partial charge in [0.25, 0.3) is 0 Å². The van der Waals surface area contributed by atoms with E-state index in [4.69, 9.17) is 0 Å². The van der Waals surface area contributed by atoms with Crippen molar-refractivity contribution in [2.24, 2.45) is 0 Å². The Morgan fingerprint density at radius 1 is 1.00 bits per heavy atom. The summed E-state index contributed by atoms with van der Waals surface area (Å²) in [6.45, 7) is 7.95. The summed E-state index contributed by atoms with van der Waals surface area (Å²) in [5.74, 6) is 0.223. The molecule has 0 bridgehead atoms. The Hall–Kier alpha value is -1.51. The average Bonchev–Trinajstić information content (AvgIpc) is 2.42. The highest BCUT2D eigenvalue weighted by atomic mass is 16.3. The summed E-state index contributed by atoms with van der Waals surface area (Å²) in [7, 11) is 0. The van der Waals surface area contributed by atoms with Gasteiger partial charge in [0.2, 0.25) is 0 Å². The van der Waals surface area contributed by atoms with Crippen LogP contribution >= 0.6 is 0 Å². The summed E-state index contributed by atoms with van der Waals surface area (Å²) < 4.78 is 0. The molecule has 2 N–H and O–H groups in total. The Kier molecular flexibility index (Phi) is 1.77. The van der Waals surface area contributed by atoms with Crippen LogP contribution in [0.3, 0.4) is 0 Å². The van der Waals surface area contributed by atoms with Gasteiger partial charge < -0.3 is 10.1 Å². The maximum absolute atomic E-state index is 9.55. The van der Waals surface area contributed by atoms with E-state index in [0.717, 1.165) is 27.9 Å². The molecule has 0 amide bonds. The number of fused-ring (bicyclic) bond motifs is 1. The van der Waals surface area contributed by atoms with Crippen LogP contribution in [-0.4, -0.2) is 15.1 Å². The zero-order chi connectivity index (χ0) is 10.5. The third-order valence-electron chi connectivity index (χ3n) is 2.95. The van der Waals surface area contributed by atoms with E-state index < -0.39 is 0 Å². The number of aryl methyl sites for hydroxylation is 3. The number of H-pyrrole nitrogens is 1. The number of nitrogens with one attached hydrogen (secondary N) is 1. The molecule has 74 valence electrons. The molecule has 2 aromatic rings. The lowest BCUT2D eigenvalue weighted by molar-refractivity contribution is 0.454. The van der Waals surface area contributed by atoms with Crippen LogP contribution in [0.1, 0.15) is 22.4 Å². The van der Waals surface area contributed by atoms with Crippen molar-refractivity contribution in [3.8, 4) is 5.88 Å². The van der Waals surface area contributed by atoms with Crippen molar-refractivity contribution in [3.05, 3.63) is 22.4 Å². The number of hydrogen-bond donors (Lipinski definition) is 2. The first-order valence-corrected chi connectivity index (χ1v) is 4.67. The first-order valence-electron chi connectivity index (χ1n) is 4.67. The van der Waals surface area contributed by atoms with Gasteiger partial charge in [0.05, 0.1) is 11.0 Å². The Bertz CT molecular complexity index is 512. The van der Waals surface area contributed by atoms with Crippen LogP contribution in [0.15, 0.2) is 0 Å². The molecule has 2 aromatic heterocycles. The lowest BCUT2D eigenvalue weighted by Crippen LogP contribution is -1.92. The molecule has 2 heterocycles. The number of hydrogen-bond acceptors (Lipinski definition) is 2. The van der Waals surface area contributed by atoms with Crippen LogP contribution in [0, 0.1) is 27.7 Å². The molecule has 0 spiro atoms. The summed E-state index contributed by atoms with van der Waals surface area (Å²) in [5, 5.41) is 9.55. The molecule has 3 nitrogen and oxygen atoms in total. The third kappa shape index (κ3) is 1.02. The number of pyridine rings is 1. The molecule has 0 atom stereocenters. The highest BCUT2D eigenvalue weighted by molar-refractivity contribution is 5.85. The number of aromatic amines is 1. The molecule has 0 aliphatic heterocycles. The highest BCUT2D eigenvalue weighted by Gasteiger charge is 2.12. The van der Waals surface area contributed by atoms with Gasteiger partial charge in [0.1, 0.15) is 0 Å². The summed E-state index contributed by atoms with van der Waals surface area (Å²) in [4.78, 5) is 7.42. The summed E-state index contributed by atoms with van der Waals surface area (Å²) in [5.41, 5.74) is 6.02. The molecule has 2 rings (SSSR count). The minimum atomic E-state index is 0.223. The number of aromatic nitrogens is 2. The van der Waals surface area contributed by atoms with Crippen molar-refractivity contribution < 1.29 is 5.11 Å². The van der Waals surface area contributed by atoms with Crippen LogP contribution in [-0.2, 0) is 0 Å². The second-order valence-electron chi connectivity index (χ2n) is 3.77. The molecule has 3 heteroatoms. The maximum atomic E-state index is 9.55. The standard InChI is InChI=1S/C11H14N2O/c1-5-6(2)9-10(12-8(5)4)7(3)11(14)13-9/h13-14H,1-4H3. The fourth-order valence-corrected chi connectivity index (χ4v) is 1.69. The summed E-state index contributed by atoms with van der Waals surface area (Å²) in [6, 6.07) is 0. The Morgan fingerprint density at radius 2 is 1.64 bits per heavy atom. The highest BCUT2D eigenvalue weighted by Crippen LogP contribution is 2.28. The van der Waals surface area contributed by atoms with Crippen molar-refractivity contribution in [2.75, 3.05) is 0 Å². The molecular weight excluding hydrogens is 176 g/mol. The van der Waals surface area contributed by atoms with Crippen molar-refractivity contribution in [1.29, 1.82) is 0 Å². The predicted molar refractivity (Wildman–Crippen MR) is 56.7 cm³/mol. The minimum absolute atomic E-state index is 0.223. The van der Waals surface area contributed by atoms with E-state index in [0.29, 0.717) is 0 Å². The smallest absolute Gasteiger partial charge is 0.194 e. The van der Waals surface area contributed by atoms with Crippen LogP contribution < -0.4 is 0 Å². The van der Waals surface area contributed by atoms with Crippen LogP contribution in [0.5, 0.6) is 5.88 Å². The van der Waals surface area contributed by atoms with Gasteiger partial charge >= 0.3 is 0 Å². The fourth-order valence-electron chi connectivity index (χ4n) is 1.69. The van der Waals surface area contributed by atoms with Gasteiger partial charge in [-0.1, -0.05) is 0 Å². The molecule has 0 aromatic carbocycles. The molecule has 0 unspecified atom stereocenters. The average molecular weight is 190 g/mol. The monoisotopic (exact) mass is 190 g/mol. The number of rotatable bonds is 0. The molecule has 0 fully saturated rings. The van der Waals surface area contributed by atoms with E-state index in [2.05, 4.69) is 9.97 Å². The van der Waals surface area contributed by atoms with Gasteiger partial charge in [0, 0.05) is 11.3 Å². The molecule has 0 saturated carbocycles. The van der Waals surface area contributed by atoms with Crippen LogP contribution in [0.2, 0.25) is 0 Å². The molecule has 14 heavy (non-hydrogen) atoms. The van der Waals surface area contributed by atoms with Gasteiger partial charge in [0.15, 0.2) is 5.88 Å². The Labute approximate surface area is 82.8 Å². The van der Waals surface area contributed by atoms with E-state index in [-0.39, 0.29) is 5.88 Å². The molecule has 0 aliphatic carbocycles. The fraction of sp³-hybridized carbons (Fsp3) is 0.364. The summed E-state index contributed by atoms with van der Waals surface area (Å²) >= 11 is 0. The van der Waals surface area contributed by atoms with E-state index >= 15 is 0 Å². The molecule has 0 radical (unpaired) electrons. The van der Waals surface area contributed by atoms with Crippen molar-refractivity contribution in [3.63, 3.8) is 0 Å². The van der Waals surface area contributed by atoms with Gasteiger partial charge in [-0.2, -0.15) is 0 Å². The second kappa shape index (κ2) is 2.74. The first kappa shape index (κ1) is 9.06. The van der Waals surface area contributed by atoms with Gasteiger partial charge in [-0.3, -0.25) is 4.98 Å². The normalized spacial score (nSPS) is 11.1. The summed E-state index contributed by atoms with van der Waals surface area (Å²) in [6.07, 6.45) is 0.